The van der Waals surface area contributed by atoms with E-state index in [4.69, 9.17) is 14.2 Å². The lowest BCUT2D eigenvalue weighted by atomic mass is 10.3. The number of thiazole rings is 1. The fourth-order valence-electron chi connectivity index (χ4n) is 1.52. The molecule has 0 saturated carbocycles. The molecule has 0 aliphatic rings. The summed E-state index contributed by atoms with van der Waals surface area (Å²) in [5.74, 6) is 1.54. The van der Waals surface area contributed by atoms with Gasteiger partial charge in [0.2, 0.25) is 0 Å². The van der Waals surface area contributed by atoms with Crippen LogP contribution in [0.5, 0.6) is 16.7 Å². The molecule has 0 aliphatic heterocycles. The summed E-state index contributed by atoms with van der Waals surface area (Å²) in [5.41, 5.74) is 0.794. The Morgan fingerprint density at radius 1 is 1.18 bits per heavy atom. The third-order valence-electron chi connectivity index (χ3n) is 2.32. The molecule has 0 aliphatic carbocycles. The largest absolute Gasteiger partial charge is 0.495 e. The van der Waals surface area contributed by atoms with Gasteiger partial charge in [-0.1, -0.05) is 18.3 Å². The maximum atomic E-state index is 5.54. The predicted molar refractivity (Wildman–Crippen MR) is 68.5 cm³/mol. The van der Waals surface area contributed by atoms with Crippen molar-refractivity contribution in [3.63, 3.8) is 0 Å². The van der Waals surface area contributed by atoms with Crippen LogP contribution in [-0.4, -0.2) is 25.8 Å². The second-order valence-corrected chi connectivity index (χ2v) is 4.44. The van der Waals surface area contributed by atoms with Crippen LogP contribution in [0.25, 0.3) is 10.2 Å². The highest BCUT2D eigenvalue weighted by atomic mass is 32.1. The van der Waals surface area contributed by atoms with E-state index in [-0.39, 0.29) is 0 Å². The standard InChI is InChI=1S/C12H15NO3S/c1-4-7-16-12-13-10-8(14-2)5-6-9(15-3)11(10)17-12/h5-6H,4,7H2,1-3H3. The molecule has 1 aromatic carbocycles. The van der Waals surface area contributed by atoms with Crippen molar-refractivity contribution in [2.24, 2.45) is 0 Å². The van der Waals surface area contributed by atoms with Crippen molar-refractivity contribution in [1.82, 2.24) is 4.98 Å². The van der Waals surface area contributed by atoms with E-state index in [9.17, 15) is 0 Å². The van der Waals surface area contributed by atoms with Gasteiger partial charge in [-0.25, -0.2) is 0 Å². The smallest absolute Gasteiger partial charge is 0.274 e. The number of aromatic nitrogens is 1. The molecule has 1 aromatic heterocycles. The van der Waals surface area contributed by atoms with E-state index in [0.717, 1.165) is 28.1 Å². The van der Waals surface area contributed by atoms with Crippen LogP contribution in [0.3, 0.4) is 0 Å². The lowest BCUT2D eigenvalue weighted by Crippen LogP contribution is -1.93. The van der Waals surface area contributed by atoms with Gasteiger partial charge >= 0.3 is 0 Å². The second kappa shape index (κ2) is 5.23. The lowest BCUT2D eigenvalue weighted by Gasteiger charge is -2.03. The van der Waals surface area contributed by atoms with Crippen molar-refractivity contribution in [3.05, 3.63) is 12.1 Å². The van der Waals surface area contributed by atoms with Crippen molar-refractivity contribution in [2.45, 2.75) is 13.3 Å². The number of rotatable bonds is 5. The van der Waals surface area contributed by atoms with Gasteiger partial charge in [-0.15, -0.1) is 0 Å². The molecular weight excluding hydrogens is 238 g/mol. The summed E-state index contributed by atoms with van der Waals surface area (Å²) in [6.45, 7) is 2.74. The van der Waals surface area contributed by atoms with Crippen LogP contribution in [0.15, 0.2) is 12.1 Å². The SMILES string of the molecule is CCCOc1nc2c(OC)ccc(OC)c2s1. The Kier molecular flexibility index (Phi) is 3.68. The van der Waals surface area contributed by atoms with Gasteiger partial charge in [0.25, 0.3) is 5.19 Å². The summed E-state index contributed by atoms with van der Waals surface area (Å²) in [6, 6.07) is 3.73. The molecule has 5 heteroatoms. The molecule has 0 bridgehead atoms. The van der Waals surface area contributed by atoms with Gasteiger partial charge in [0, 0.05) is 0 Å². The van der Waals surface area contributed by atoms with Crippen LogP contribution in [0.2, 0.25) is 0 Å². The summed E-state index contributed by atoms with van der Waals surface area (Å²) >= 11 is 1.48. The van der Waals surface area contributed by atoms with Gasteiger partial charge in [0.05, 0.1) is 20.8 Å². The van der Waals surface area contributed by atoms with Crippen LogP contribution in [0.1, 0.15) is 13.3 Å². The van der Waals surface area contributed by atoms with E-state index >= 15 is 0 Å². The molecule has 2 aromatic rings. The number of methoxy groups -OCH3 is 2. The Hall–Kier alpha value is -1.49. The molecule has 2 rings (SSSR count). The van der Waals surface area contributed by atoms with E-state index < -0.39 is 0 Å². The van der Waals surface area contributed by atoms with Gasteiger partial charge < -0.3 is 14.2 Å². The summed E-state index contributed by atoms with van der Waals surface area (Å²) in [4.78, 5) is 4.42. The van der Waals surface area contributed by atoms with Crippen molar-refractivity contribution in [2.75, 3.05) is 20.8 Å². The molecule has 92 valence electrons. The molecule has 0 spiro atoms. The van der Waals surface area contributed by atoms with Crippen LogP contribution < -0.4 is 14.2 Å². The highest BCUT2D eigenvalue weighted by molar-refractivity contribution is 7.20. The number of fused-ring (bicyclic) bond motifs is 1. The zero-order valence-electron chi connectivity index (χ0n) is 10.1. The molecule has 0 saturated heterocycles. The van der Waals surface area contributed by atoms with Crippen molar-refractivity contribution in [3.8, 4) is 16.7 Å². The highest BCUT2D eigenvalue weighted by Gasteiger charge is 2.14. The quantitative estimate of drug-likeness (QED) is 0.821. The van der Waals surface area contributed by atoms with Crippen molar-refractivity contribution < 1.29 is 14.2 Å². The Morgan fingerprint density at radius 2 is 1.88 bits per heavy atom. The van der Waals surface area contributed by atoms with Crippen molar-refractivity contribution in [1.29, 1.82) is 0 Å². The van der Waals surface area contributed by atoms with Crippen LogP contribution in [0, 0.1) is 0 Å². The molecule has 4 nitrogen and oxygen atoms in total. The third kappa shape index (κ3) is 2.29. The van der Waals surface area contributed by atoms with Gasteiger partial charge in [-0.3, -0.25) is 0 Å². The Morgan fingerprint density at radius 3 is 2.53 bits per heavy atom. The van der Waals surface area contributed by atoms with Crippen LogP contribution in [-0.2, 0) is 0 Å². The van der Waals surface area contributed by atoms with E-state index in [2.05, 4.69) is 11.9 Å². The zero-order valence-corrected chi connectivity index (χ0v) is 11.0. The topological polar surface area (TPSA) is 40.6 Å². The minimum atomic E-state index is 0.657. The number of nitrogens with zero attached hydrogens (tertiary/aromatic N) is 1. The monoisotopic (exact) mass is 253 g/mol. The number of hydrogen-bond acceptors (Lipinski definition) is 5. The lowest BCUT2D eigenvalue weighted by molar-refractivity contribution is 0.316. The first-order valence-corrected chi connectivity index (χ1v) is 6.26. The van der Waals surface area contributed by atoms with E-state index in [1.165, 1.54) is 11.3 Å². The van der Waals surface area contributed by atoms with E-state index in [1.54, 1.807) is 14.2 Å². The first kappa shape index (κ1) is 12.0. The van der Waals surface area contributed by atoms with Gasteiger partial charge in [0.15, 0.2) is 0 Å². The average molecular weight is 253 g/mol. The highest BCUT2D eigenvalue weighted by Crippen LogP contribution is 2.39. The van der Waals surface area contributed by atoms with Gasteiger partial charge in [-0.2, -0.15) is 4.98 Å². The molecule has 0 N–H and O–H groups in total. The summed E-state index contributed by atoms with van der Waals surface area (Å²) in [6.07, 6.45) is 0.962. The fraction of sp³-hybridized carbons (Fsp3) is 0.417. The number of ether oxygens (including phenoxy) is 3. The Bertz CT molecular complexity index is 469. The minimum Gasteiger partial charge on any atom is -0.495 e. The Labute approximate surface area is 104 Å². The zero-order chi connectivity index (χ0) is 12.3. The third-order valence-corrected chi connectivity index (χ3v) is 3.30. The number of hydrogen-bond donors (Lipinski definition) is 0. The first-order chi connectivity index (χ1) is 8.30. The van der Waals surface area contributed by atoms with Crippen LogP contribution >= 0.6 is 11.3 Å². The first-order valence-electron chi connectivity index (χ1n) is 5.44. The molecule has 1 heterocycles. The molecule has 0 amide bonds. The van der Waals surface area contributed by atoms with Gasteiger partial charge in [0.1, 0.15) is 21.7 Å². The molecule has 17 heavy (non-hydrogen) atoms. The maximum Gasteiger partial charge on any atom is 0.274 e. The average Bonchev–Trinajstić information content (AvgIpc) is 2.78. The molecule has 0 atom stereocenters. The van der Waals surface area contributed by atoms with Crippen LogP contribution in [0.4, 0.5) is 0 Å². The maximum absolute atomic E-state index is 5.54. The Balaban J connectivity index is 2.48. The van der Waals surface area contributed by atoms with E-state index in [0.29, 0.717) is 11.8 Å². The van der Waals surface area contributed by atoms with E-state index in [1.807, 2.05) is 12.1 Å². The second-order valence-electron chi connectivity index (χ2n) is 3.48. The fourth-order valence-corrected chi connectivity index (χ4v) is 2.47. The minimum absolute atomic E-state index is 0.657. The molecule has 0 radical (unpaired) electrons. The van der Waals surface area contributed by atoms with Crippen molar-refractivity contribution >= 4 is 21.6 Å². The normalized spacial score (nSPS) is 10.5. The summed E-state index contributed by atoms with van der Waals surface area (Å²) in [5, 5.41) is 0.657. The molecule has 0 fully saturated rings. The summed E-state index contributed by atoms with van der Waals surface area (Å²) < 4.78 is 17.1. The molecular formula is C12H15NO3S. The molecule has 0 unspecified atom stereocenters. The predicted octanol–water partition coefficient (Wildman–Crippen LogP) is 3.10. The number of benzene rings is 1. The summed E-state index contributed by atoms with van der Waals surface area (Å²) in [7, 11) is 3.28. The van der Waals surface area contributed by atoms with Gasteiger partial charge in [-0.05, 0) is 18.6 Å².